The monoisotopic (exact) mass is 425 g/mol. The molecule has 0 saturated heterocycles. The second-order valence-electron chi connectivity index (χ2n) is 7.52. The Balaban J connectivity index is 1.55. The summed E-state index contributed by atoms with van der Waals surface area (Å²) in [7, 11) is 4.80. The minimum Gasteiger partial charge on any atom is -0.493 e. The molecule has 0 bridgehead atoms. The van der Waals surface area contributed by atoms with Gasteiger partial charge in [-0.2, -0.15) is 0 Å². The molecule has 2 aromatic carbocycles. The van der Waals surface area contributed by atoms with E-state index in [1.165, 1.54) is 17.0 Å². The molecule has 8 heteroatoms. The summed E-state index contributed by atoms with van der Waals surface area (Å²) in [5, 5.41) is 2.82. The predicted molar refractivity (Wildman–Crippen MR) is 112 cm³/mol. The van der Waals surface area contributed by atoms with Crippen LogP contribution in [0.1, 0.15) is 17.2 Å². The lowest BCUT2D eigenvalue weighted by molar-refractivity contribution is -0.125. The fraction of sp³-hybridized carbons (Fsp3) is 0.304. The molecule has 4 rings (SSSR count). The third-order valence-electron chi connectivity index (χ3n) is 5.74. The van der Waals surface area contributed by atoms with Crippen molar-refractivity contribution in [3.63, 3.8) is 0 Å². The average molecular weight is 425 g/mol. The molecule has 7 nitrogen and oxygen atoms in total. The van der Waals surface area contributed by atoms with Crippen LogP contribution in [0.4, 0.5) is 9.18 Å². The molecule has 1 N–H and O–H groups in total. The van der Waals surface area contributed by atoms with Gasteiger partial charge in [-0.25, -0.2) is 9.18 Å². The van der Waals surface area contributed by atoms with Gasteiger partial charge in [0.25, 0.3) is 5.91 Å². The van der Waals surface area contributed by atoms with Crippen LogP contribution in [0.3, 0.4) is 0 Å². The fourth-order valence-electron chi connectivity index (χ4n) is 4.04. The van der Waals surface area contributed by atoms with Crippen LogP contribution in [0.15, 0.2) is 53.7 Å². The highest BCUT2D eigenvalue weighted by molar-refractivity contribution is 6.01. The first-order valence-corrected chi connectivity index (χ1v) is 9.95. The number of nitrogens with one attached hydrogen (secondary N) is 1. The van der Waals surface area contributed by atoms with Crippen molar-refractivity contribution in [2.75, 3.05) is 34.4 Å². The van der Waals surface area contributed by atoms with E-state index in [-0.39, 0.29) is 11.9 Å². The molecule has 3 amide bonds. The summed E-state index contributed by atoms with van der Waals surface area (Å²) < 4.78 is 24.4. The first kappa shape index (κ1) is 20.7. The van der Waals surface area contributed by atoms with E-state index < -0.39 is 11.9 Å². The van der Waals surface area contributed by atoms with Gasteiger partial charge in [0.2, 0.25) is 0 Å². The van der Waals surface area contributed by atoms with E-state index in [9.17, 15) is 14.0 Å². The van der Waals surface area contributed by atoms with Gasteiger partial charge in [0, 0.05) is 13.6 Å². The Hall–Kier alpha value is -3.55. The number of carbonyl (C=O) groups excluding carboxylic acids is 2. The number of nitrogens with zero attached hydrogens (tertiary/aromatic N) is 2. The van der Waals surface area contributed by atoms with Gasteiger partial charge in [0.1, 0.15) is 5.82 Å². The van der Waals surface area contributed by atoms with Gasteiger partial charge in [0.05, 0.1) is 38.1 Å². The fourth-order valence-corrected chi connectivity index (χ4v) is 4.04. The number of amides is 3. The van der Waals surface area contributed by atoms with Crippen LogP contribution in [0, 0.1) is 5.82 Å². The van der Waals surface area contributed by atoms with Crippen LogP contribution in [-0.2, 0) is 11.2 Å². The number of rotatable bonds is 6. The second-order valence-corrected chi connectivity index (χ2v) is 7.52. The first-order chi connectivity index (χ1) is 14.9. The van der Waals surface area contributed by atoms with E-state index >= 15 is 0 Å². The Kier molecular flexibility index (Phi) is 5.54. The van der Waals surface area contributed by atoms with Gasteiger partial charge in [0.15, 0.2) is 11.5 Å². The highest BCUT2D eigenvalue weighted by atomic mass is 19.1. The maximum Gasteiger partial charge on any atom is 0.322 e. The lowest BCUT2D eigenvalue weighted by Gasteiger charge is -2.31. The van der Waals surface area contributed by atoms with Gasteiger partial charge >= 0.3 is 6.03 Å². The molecule has 0 fully saturated rings. The van der Waals surface area contributed by atoms with E-state index in [0.29, 0.717) is 47.8 Å². The van der Waals surface area contributed by atoms with Gasteiger partial charge in [-0.15, -0.1) is 0 Å². The number of hydrogen-bond donors (Lipinski definition) is 1. The number of likely N-dealkylation sites (N-methyl/N-ethyl adjacent to an activating group) is 1. The maximum absolute atomic E-state index is 13.8. The predicted octanol–water partition coefficient (Wildman–Crippen LogP) is 2.88. The Morgan fingerprint density at radius 2 is 1.87 bits per heavy atom. The average Bonchev–Trinajstić information content (AvgIpc) is 3.11. The largest absolute Gasteiger partial charge is 0.493 e. The van der Waals surface area contributed by atoms with Crippen molar-refractivity contribution < 1.29 is 23.5 Å². The van der Waals surface area contributed by atoms with Gasteiger partial charge in [-0.05, 0) is 41.8 Å². The van der Waals surface area contributed by atoms with Gasteiger partial charge in [-0.1, -0.05) is 18.2 Å². The summed E-state index contributed by atoms with van der Waals surface area (Å²) in [6.45, 7) is 0.802. The number of methoxy groups -OCH3 is 2. The molecule has 0 saturated carbocycles. The Morgan fingerprint density at radius 3 is 2.58 bits per heavy atom. The van der Waals surface area contributed by atoms with Gasteiger partial charge < -0.3 is 19.7 Å². The minimum absolute atomic E-state index is 0.156. The molecule has 2 heterocycles. The molecular weight excluding hydrogens is 401 g/mol. The maximum atomic E-state index is 13.8. The number of benzene rings is 2. The zero-order chi connectivity index (χ0) is 22.1. The van der Waals surface area contributed by atoms with Crippen molar-refractivity contribution in [2.24, 2.45) is 0 Å². The quantitative estimate of drug-likeness (QED) is 0.773. The van der Waals surface area contributed by atoms with Crippen LogP contribution in [-0.4, -0.2) is 56.1 Å². The molecular formula is C23H24FN3O4. The number of urea groups is 1. The lowest BCUT2D eigenvalue weighted by atomic mass is 9.95. The van der Waals surface area contributed by atoms with Crippen LogP contribution < -0.4 is 14.8 Å². The Labute approximate surface area is 180 Å². The smallest absolute Gasteiger partial charge is 0.322 e. The molecule has 2 aromatic rings. The molecule has 1 atom stereocenters. The minimum atomic E-state index is -0.673. The van der Waals surface area contributed by atoms with E-state index in [2.05, 4.69) is 5.32 Å². The molecule has 31 heavy (non-hydrogen) atoms. The van der Waals surface area contributed by atoms with Crippen molar-refractivity contribution in [2.45, 2.75) is 12.5 Å². The topological polar surface area (TPSA) is 71.1 Å². The van der Waals surface area contributed by atoms with E-state index in [1.54, 1.807) is 38.3 Å². The molecule has 2 aliphatic heterocycles. The van der Waals surface area contributed by atoms with Crippen molar-refractivity contribution in [1.82, 2.24) is 15.1 Å². The third-order valence-corrected chi connectivity index (χ3v) is 5.74. The molecule has 0 aromatic heterocycles. The molecule has 162 valence electrons. The van der Waals surface area contributed by atoms with Crippen molar-refractivity contribution >= 4 is 11.9 Å². The SMILES string of the molecule is COc1ccc(CCN2CC3=C(C2=O)C(c2cccc(F)c2)NC(=O)N3C)cc1OC. The van der Waals surface area contributed by atoms with Crippen LogP contribution in [0.2, 0.25) is 0 Å². The summed E-state index contributed by atoms with van der Waals surface area (Å²) in [6, 6.07) is 10.6. The molecule has 0 radical (unpaired) electrons. The zero-order valence-electron chi connectivity index (χ0n) is 17.6. The van der Waals surface area contributed by atoms with Crippen molar-refractivity contribution in [3.05, 3.63) is 70.7 Å². The zero-order valence-corrected chi connectivity index (χ0v) is 17.6. The molecule has 0 spiro atoms. The highest BCUT2D eigenvalue weighted by Crippen LogP contribution is 2.36. The van der Waals surface area contributed by atoms with Crippen molar-refractivity contribution in [1.29, 1.82) is 0 Å². The van der Waals surface area contributed by atoms with Crippen molar-refractivity contribution in [3.8, 4) is 11.5 Å². The normalized spacial score (nSPS) is 18.3. The standard InChI is InChI=1S/C23H24FN3O4/c1-26-17-13-27(10-9-14-7-8-18(30-2)19(11-14)31-3)22(28)20(17)21(25-23(26)29)15-5-4-6-16(24)12-15/h4-8,11-12,21H,9-10,13H2,1-3H3,(H,25,29). The molecule has 2 aliphatic rings. The summed E-state index contributed by atoms with van der Waals surface area (Å²) in [6.07, 6.45) is 0.613. The molecule has 0 aliphatic carbocycles. The summed E-state index contributed by atoms with van der Waals surface area (Å²) in [4.78, 5) is 28.9. The Bertz CT molecular complexity index is 1070. The summed E-state index contributed by atoms with van der Waals surface area (Å²) in [5.41, 5.74) is 2.68. The van der Waals surface area contributed by atoms with Crippen LogP contribution in [0.25, 0.3) is 0 Å². The number of halogens is 1. The van der Waals surface area contributed by atoms with E-state index in [4.69, 9.17) is 9.47 Å². The summed E-state index contributed by atoms with van der Waals surface area (Å²) in [5.74, 6) is 0.704. The van der Waals surface area contributed by atoms with E-state index in [0.717, 1.165) is 5.56 Å². The first-order valence-electron chi connectivity index (χ1n) is 9.95. The lowest BCUT2D eigenvalue weighted by Crippen LogP contribution is -2.45. The van der Waals surface area contributed by atoms with Crippen LogP contribution >= 0.6 is 0 Å². The number of hydrogen-bond acceptors (Lipinski definition) is 4. The number of carbonyl (C=O) groups is 2. The second kappa shape index (κ2) is 8.29. The molecule has 1 unspecified atom stereocenters. The van der Waals surface area contributed by atoms with E-state index in [1.807, 2.05) is 18.2 Å². The highest BCUT2D eigenvalue weighted by Gasteiger charge is 2.42. The number of ether oxygens (including phenoxy) is 2. The third kappa shape index (κ3) is 3.81. The van der Waals surface area contributed by atoms with Gasteiger partial charge in [-0.3, -0.25) is 9.69 Å². The summed E-state index contributed by atoms with van der Waals surface area (Å²) >= 11 is 0. The van der Waals surface area contributed by atoms with Crippen LogP contribution in [0.5, 0.6) is 11.5 Å². The Morgan fingerprint density at radius 1 is 1.10 bits per heavy atom.